The highest BCUT2D eigenvalue weighted by atomic mass is 32.1. The Labute approximate surface area is 149 Å². The van der Waals surface area contributed by atoms with E-state index >= 15 is 0 Å². The molecule has 2 aromatic rings. The lowest BCUT2D eigenvalue weighted by atomic mass is 10.1. The van der Waals surface area contributed by atoms with Crippen molar-refractivity contribution >= 4 is 28.5 Å². The van der Waals surface area contributed by atoms with E-state index in [1.54, 1.807) is 0 Å². The second-order valence-corrected chi connectivity index (χ2v) is 7.02. The minimum Gasteiger partial charge on any atom is -0.469 e. The van der Waals surface area contributed by atoms with Crippen LogP contribution in [0.3, 0.4) is 0 Å². The van der Waals surface area contributed by atoms with Crippen molar-refractivity contribution in [3.63, 3.8) is 0 Å². The molecule has 1 heterocycles. The van der Waals surface area contributed by atoms with Crippen LogP contribution in [0, 0.1) is 0 Å². The van der Waals surface area contributed by atoms with Crippen molar-refractivity contribution < 1.29 is 14.3 Å². The van der Waals surface area contributed by atoms with E-state index in [1.807, 2.05) is 30.3 Å². The van der Waals surface area contributed by atoms with Crippen molar-refractivity contribution in [3.8, 4) is 0 Å². The van der Waals surface area contributed by atoms with Crippen LogP contribution in [0.25, 0.3) is 0 Å². The lowest BCUT2D eigenvalue weighted by molar-refractivity contribution is -0.140. The molecule has 1 aliphatic rings. The summed E-state index contributed by atoms with van der Waals surface area (Å²) in [5.41, 5.74) is 0.852. The van der Waals surface area contributed by atoms with Gasteiger partial charge in [-0.3, -0.25) is 10.1 Å². The number of carbonyl (C=O) groups is 2. The number of aromatic nitrogens is 2. The summed E-state index contributed by atoms with van der Waals surface area (Å²) in [7, 11) is 1.37. The first-order valence-corrected chi connectivity index (χ1v) is 8.97. The van der Waals surface area contributed by atoms with Gasteiger partial charge in [0.1, 0.15) is 5.01 Å². The van der Waals surface area contributed by atoms with Crippen molar-refractivity contribution in [1.82, 2.24) is 15.5 Å². The van der Waals surface area contributed by atoms with Crippen LogP contribution in [0.5, 0.6) is 0 Å². The number of rotatable bonds is 7. The van der Waals surface area contributed by atoms with E-state index in [2.05, 4.69) is 25.6 Å². The fraction of sp³-hybridized carbons (Fsp3) is 0.412. The molecule has 132 valence electrons. The maximum absolute atomic E-state index is 12.2. The van der Waals surface area contributed by atoms with E-state index in [9.17, 15) is 9.59 Å². The second-order valence-electron chi connectivity index (χ2n) is 5.96. The molecule has 1 saturated carbocycles. The molecular formula is C17H20N4O3S. The highest BCUT2D eigenvalue weighted by Gasteiger charge is 2.45. The van der Waals surface area contributed by atoms with Crippen molar-refractivity contribution in [1.29, 1.82) is 0 Å². The summed E-state index contributed by atoms with van der Waals surface area (Å²) in [4.78, 5) is 23.3. The van der Waals surface area contributed by atoms with E-state index in [-0.39, 0.29) is 17.5 Å². The van der Waals surface area contributed by atoms with Gasteiger partial charge in [-0.05, 0) is 24.8 Å². The van der Waals surface area contributed by atoms with E-state index < -0.39 is 0 Å². The van der Waals surface area contributed by atoms with Crippen molar-refractivity contribution in [2.24, 2.45) is 0 Å². The molecule has 0 spiro atoms. The third kappa shape index (κ3) is 4.54. The molecule has 1 aromatic carbocycles. The Balaban J connectivity index is 1.50. The third-order valence-corrected chi connectivity index (χ3v) is 5.01. The normalized spacial score (nSPS) is 14.6. The van der Waals surface area contributed by atoms with Gasteiger partial charge in [0.25, 0.3) is 0 Å². The Kier molecular flexibility index (Phi) is 5.28. The first-order valence-electron chi connectivity index (χ1n) is 8.15. The van der Waals surface area contributed by atoms with Gasteiger partial charge in [-0.2, -0.15) is 0 Å². The number of nitrogens with zero attached hydrogens (tertiary/aromatic N) is 2. The number of methoxy groups -OCH3 is 1. The fourth-order valence-electron chi connectivity index (χ4n) is 2.60. The van der Waals surface area contributed by atoms with E-state index in [4.69, 9.17) is 0 Å². The molecule has 0 saturated heterocycles. The van der Waals surface area contributed by atoms with Crippen molar-refractivity contribution in [3.05, 3.63) is 40.9 Å². The molecule has 0 atom stereocenters. The molecule has 0 radical (unpaired) electrons. The molecule has 1 fully saturated rings. The van der Waals surface area contributed by atoms with Gasteiger partial charge < -0.3 is 10.1 Å². The van der Waals surface area contributed by atoms with Gasteiger partial charge in [-0.1, -0.05) is 41.7 Å². The smallest absolute Gasteiger partial charge is 0.321 e. The molecule has 8 heteroatoms. The molecule has 0 aliphatic heterocycles. The predicted molar refractivity (Wildman–Crippen MR) is 94.4 cm³/mol. The largest absolute Gasteiger partial charge is 0.469 e. The average molecular weight is 360 g/mol. The number of ether oxygens (including phenoxy) is 1. The molecule has 0 unspecified atom stereocenters. The molecule has 7 nitrogen and oxygen atoms in total. The van der Waals surface area contributed by atoms with Gasteiger partial charge in [0.15, 0.2) is 0 Å². The van der Waals surface area contributed by atoms with Crippen LogP contribution in [0.4, 0.5) is 9.93 Å². The van der Waals surface area contributed by atoms with Gasteiger partial charge in [-0.15, -0.1) is 10.2 Å². The van der Waals surface area contributed by atoms with Crippen LogP contribution in [0.2, 0.25) is 0 Å². The summed E-state index contributed by atoms with van der Waals surface area (Å²) in [5.74, 6) is -0.238. The third-order valence-electron chi connectivity index (χ3n) is 4.12. The minimum absolute atomic E-state index is 0.238. The lowest BCUT2D eigenvalue weighted by Crippen LogP contribution is -2.38. The zero-order chi connectivity index (χ0) is 17.7. The number of esters is 1. The first kappa shape index (κ1) is 17.3. The van der Waals surface area contributed by atoms with Crippen LogP contribution < -0.4 is 10.6 Å². The summed E-state index contributed by atoms with van der Waals surface area (Å²) >= 11 is 1.32. The fourth-order valence-corrected chi connectivity index (χ4v) is 3.38. The molecular weight excluding hydrogens is 340 g/mol. The number of urea groups is 1. The van der Waals surface area contributed by atoms with E-state index in [0.29, 0.717) is 24.4 Å². The van der Waals surface area contributed by atoms with Gasteiger partial charge >= 0.3 is 12.0 Å². The highest BCUT2D eigenvalue weighted by Crippen LogP contribution is 2.45. The molecule has 3 rings (SSSR count). The molecule has 25 heavy (non-hydrogen) atoms. The molecule has 0 bridgehead atoms. The Morgan fingerprint density at radius 1 is 1.24 bits per heavy atom. The van der Waals surface area contributed by atoms with Gasteiger partial charge in [0, 0.05) is 12.8 Å². The number of anilines is 1. The van der Waals surface area contributed by atoms with Crippen LogP contribution in [-0.2, 0) is 21.5 Å². The van der Waals surface area contributed by atoms with Gasteiger partial charge in [0.05, 0.1) is 12.6 Å². The summed E-state index contributed by atoms with van der Waals surface area (Å²) in [6.07, 6.45) is 3.48. The van der Waals surface area contributed by atoms with E-state index in [0.717, 1.165) is 23.4 Å². The van der Waals surface area contributed by atoms with Gasteiger partial charge in [0.2, 0.25) is 5.13 Å². The summed E-state index contributed by atoms with van der Waals surface area (Å²) in [6, 6.07) is 9.68. The van der Waals surface area contributed by atoms with Crippen LogP contribution in [0.15, 0.2) is 30.3 Å². The van der Waals surface area contributed by atoms with E-state index in [1.165, 1.54) is 18.4 Å². The number of aryl methyl sites for hydroxylation is 1. The number of benzene rings is 1. The number of nitrogens with one attached hydrogen (secondary N) is 2. The standard InChI is InChI=1S/C17H20N4O3S/c1-24-14(22)9-5-8-13-20-21-16(25-13)18-15(23)19-17(10-11-17)12-6-3-2-4-7-12/h2-4,6-7H,5,8-11H2,1H3,(H2,18,19,21,23). The predicted octanol–water partition coefficient (Wildman–Crippen LogP) is 2.84. The summed E-state index contributed by atoms with van der Waals surface area (Å²) in [6.45, 7) is 0. The zero-order valence-corrected chi connectivity index (χ0v) is 14.8. The first-order chi connectivity index (χ1) is 12.1. The molecule has 2 amide bonds. The quantitative estimate of drug-likeness (QED) is 0.741. The highest BCUT2D eigenvalue weighted by molar-refractivity contribution is 7.15. The Morgan fingerprint density at radius 3 is 2.68 bits per heavy atom. The number of hydrogen-bond donors (Lipinski definition) is 2. The van der Waals surface area contributed by atoms with Gasteiger partial charge in [-0.25, -0.2) is 4.79 Å². The van der Waals surface area contributed by atoms with Crippen LogP contribution in [-0.4, -0.2) is 29.3 Å². The Morgan fingerprint density at radius 2 is 2.00 bits per heavy atom. The molecule has 1 aromatic heterocycles. The van der Waals surface area contributed by atoms with Crippen molar-refractivity contribution in [2.75, 3.05) is 12.4 Å². The topological polar surface area (TPSA) is 93.2 Å². The maximum Gasteiger partial charge on any atom is 0.321 e. The van der Waals surface area contributed by atoms with Crippen LogP contribution >= 0.6 is 11.3 Å². The number of amides is 2. The Bertz CT molecular complexity index is 743. The summed E-state index contributed by atoms with van der Waals surface area (Å²) in [5, 5.41) is 15.0. The number of hydrogen-bond acceptors (Lipinski definition) is 6. The molecule has 1 aliphatic carbocycles. The van der Waals surface area contributed by atoms with Crippen molar-refractivity contribution in [2.45, 2.75) is 37.6 Å². The minimum atomic E-state index is -0.279. The second kappa shape index (κ2) is 7.60. The molecule has 2 N–H and O–H groups in total. The monoisotopic (exact) mass is 360 g/mol. The SMILES string of the molecule is COC(=O)CCCc1nnc(NC(=O)NC2(c3ccccc3)CC2)s1. The van der Waals surface area contributed by atoms with Crippen LogP contribution in [0.1, 0.15) is 36.3 Å². The Hall–Kier alpha value is -2.48. The number of carbonyl (C=O) groups excluding carboxylic acids is 2. The lowest BCUT2D eigenvalue weighted by Gasteiger charge is -2.17. The summed E-state index contributed by atoms with van der Waals surface area (Å²) < 4.78 is 4.60. The average Bonchev–Trinajstić information content (AvgIpc) is 3.27. The zero-order valence-electron chi connectivity index (χ0n) is 13.9. The maximum atomic E-state index is 12.2.